The Kier molecular flexibility index (Phi) is 3.73. The van der Waals surface area contributed by atoms with Crippen molar-refractivity contribution >= 4 is 34.3 Å². The fourth-order valence-electron chi connectivity index (χ4n) is 1.80. The molecule has 3 rings (SSSR count). The normalized spacial score (nSPS) is 11.2. The van der Waals surface area contributed by atoms with Crippen LogP contribution in [-0.2, 0) is 0 Å². The van der Waals surface area contributed by atoms with E-state index < -0.39 is 0 Å². The Morgan fingerprint density at radius 2 is 2.00 bits per heavy atom. The summed E-state index contributed by atoms with van der Waals surface area (Å²) >= 11 is 3.12. The van der Waals surface area contributed by atoms with Crippen LogP contribution < -0.4 is 0 Å². The first-order valence-electron chi connectivity index (χ1n) is 6.02. The predicted molar refractivity (Wildman–Crippen MR) is 85.4 cm³/mol. The summed E-state index contributed by atoms with van der Waals surface area (Å²) < 4.78 is 0. The van der Waals surface area contributed by atoms with Crippen molar-refractivity contribution in [2.75, 3.05) is 0 Å². The molecule has 0 saturated carbocycles. The number of rotatable bonds is 3. The van der Waals surface area contributed by atoms with Gasteiger partial charge in [0.1, 0.15) is 11.1 Å². The van der Waals surface area contributed by atoms with Crippen molar-refractivity contribution in [3.63, 3.8) is 0 Å². The van der Waals surface area contributed by atoms with Gasteiger partial charge in [0.25, 0.3) is 0 Å². The number of benzene rings is 1. The molecule has 0 N–H and O–H groups in total. The van der Waals surface area contributed by atoms with Crippen LogP contribution in [0.4, 0.5) is 0 Å². The molecule has 2 aromatic heterocycles. The molecule has 0 aliphatic rings. The Morgan fingerprint density at radius 1 is 1.15 bits per heavy atom. The lowest BCUT2D eigenvalue weighted by Crippen LogP contribution is -1.82. The molecular formula is C16H10N2S2. The number of allylic oxidation sites excluding steroid dienone is 1. The lowest BCUT2D eigenvalue weighted by molar-refractivity contribution is 1.37. The molecule has 2 heterocycles. The number of aromatic nitrogens is 1. The van der Waals surface area contributed by atoms with Gasteiger partial charge in [-0.15, -0.1) is 11.3 Å². The second-order valence-electron chi connectivity index (χ2n) is 4.13. The van der Waals surface area contributed by atoms with Crippen molar-refractivity contribution in [3.05, 3.63) is 63.1 Å². The number of thiophene rings is 1. The van der Waals surface area contributed by atoms with E-state index in [0.717, 1.165) is 21.8 Å². The van der Waals surface area contributed by atoms with Crippen molar-refractivity contribution in [1.82, 2.24) is 4.98 Å². The van der Waals surface area contributed by atoms with E-state index in [1.54, 1.807) is 11.3 Å². The number of nitriles is 1. The van der Waals surface area contributed by atoms with E-state index in [9.17, 15) is 5.26 Å². The van der Waals surface area contributed by atoms with Gasteiger partial charge in [-0.3, -0.25) is 0 Å². The summed E-state index contributed by atoms with van der Waals surface area (Å²) in [4.78, 5) is 4.56. The molecule has 0 spiro atoms. The van der Waals surface area contributed by atoms with Crippen LogP contribution in [0, 0.1) is 11.3 Å². The van der Waals surface area contributed by atoms with Gasteiger partial charge in [-0.05, 0) is 28.5 Å². The summed E-state index contributed by atoms with van der Waals surface area (Å²) in [7, 11) is 0. The van der Waals surface area contributed by atoms with Crippen LogP contribution >= 0.6 is 22.7 Å². The Balaban J connectivity index is 1.95. The molecule has 0 aliphatic heterocycles. The Labute approximate surface area is 125 Å². The maximum absolute atomic E-state index is 9.31. The number of hydrogen-bond acceptors (Lipinski definition) is 4. The summed E-state index contributed by atoms with van der Waals surface area (Å²) in [6.07, 6.45) is 1.88. The zero-order valence-corrected chi connectivity index (χ0v) is 12.1. The molecule has 4 heteroatoms. The molecule has 0 saturated heterocycles. The van der Waals surface area contributed by atoms with Crippen LogP contribution in [0.2, 0.25) is 0 Å². The van der Waals surface area contributed by atoms with Crippen molar-refractivity contribution in [3.8, 4) is 17.3 Å². The van der Waals surface area contributed by atoms with E-state index in [1.165, 1.54) is 11.3 Å². The molecule has 96 valence electrons. The lowest BCUT2D eigenvalue weighted by Gasteiger charge is -1.95. The monoisotopic (exact) mass is 294 g/mol. The lowest BCUT2D eigenvalue weighted by atomic mass is 10.2. The minimum Gasteiger partial charge on any atom is -0.235 e. The van der Waals surface area contributed by atoms with Gasteiger partial charge in [0.15, 0.2) is 0 Å². The standard InChI is InChI=1S/C16H10N2S2/c17-9-14(8-12-6-7-19-10-12)16-18-15(11-20-16)13-4-2-1-3-5-13/h1-8,10-11H. The first-order valence-corrected chi connectivity index (χ1v) is 7.84. The average Bonchev–Trinajstić information content (AvgIpc) is 3.17. The first-order chi connectivity index (χ1) is 9.86. The van der Waals surface area contributed by atoms with E-state index in [-0.39, 0.29) is 0 Å². The highest BCUT2D eigenvalue weighted by molar-refractivity contribution is 7.11. The van der Waals surface area contributed by atoms with E-state index >= 15 is 0 Å². The Morgan fingerprint density at radius 3 is 2.70 bits per heavy atom. The molecule has 20 heavy (non-hydrogen) atoms. The van der Waals surface area contributed by atoms with Gasteiger partial charge in [-0.1, -0.05) is 30.3 Å². The highest BCUT2D eigenvalue weighted by Crippen LogP contribution is 2.27. The molecule has 0 amide bonds. The zero-order valence-electron chi connectivity index (χ0n) is 10.5. The minimum absolute atomic E-state index is 0.607. The van der Waals surface area contributed by atoms with Crippen LogP contribution in [-0.4, -0.2) is 4.98 Å². The molecule has 0 bridgehead atoms. The van der Waals surface area contributed by atoms with Crippen LogP contribution in [0.15, 0.2) is 52.5 Å². The molecule has 0 atom stereocenters. The molecule has 3 aromatic rings. The molecule has 0 unspecified atom stereocenters. The third-order valence-electron chi connectivity index (χ3n) is 2.78. The van der Waals surface area contributed by atoms with Gasteiger partial charge in [0.2, 0.25) is 0 Å². The fourth-order valence-corrected chi connectivity index (χ4v) is 3.22. The summed E-state index contributed by atoms with van der Waals surface area (Å²) in [5, 5.41) is 16.1. The van der Waals surface area contributed by atoms with Crippen molar-refractivity contribution in [2.45, 2.75) is 0 Å². The third-order valence-corrected chi connectivity index (χ3v) is 4.36. The van der Waals surface area contributed by atoms with E-state index in [2.05, 4.69) is 11.1 Å². The van der Waals surface area contributed by atoms with Crippen molar-refractivity contribution in [1.29, 1.82) is 5.26 Å². The molecular weight excluding hydrogens is 284 g/mol. The minimum atomic E-state index is 0.607. The van der Waals surface area contributed by atoms with Gasteiger partial charge >= 0.3 is 0 Å². The topological polar surface area (TPSA) is 36.7 Å². The highest BCUT2D eigenvalue weighted by atomic mass is 32.1. The summed E-state index contributed by atoms with van der Waals surface area (Å²) in [5.41, 5.74) is 3.64. The maximum Gasteiger partial charge on any atom is 0.134 e. The van der Waals surface area contributed by atoms with E-state index in [4.69, 9.17) is 0 Å². The predicted octanol–water partition coefficient (Wildman–Crippen LogP) is 4.94. The van der Waals surface area contributed by atoms with Gasteiger partial charge in [0.05, 0.1) is 11.3 Å². The molecule has 0 fully saturated rings. The maximum atomic E-state index is 9.31. The van der Waals surface area contributed by atoms with Crippen molar-refractivity contribution < 1.29 is 0 Å². The van der Waals surface area contributed by atoms with Gasteiger partial charge in [0, 0.05) is 10.9 Å². The summed E-state index contributed by atoms with van der Waals surface area (Å²) in [6.45, 7) is 0. The highest BCUT2D eigenvalue weighted by Gasteiger charge is 2.08. The Hall–Kier alpha value is -2.22. The quantitative estimate of drug-likeness (QED) is 0.642. The fraction of sp³-hybridized carbons (Fsp3) is 0. The van der Waals surface area contributed by atoms with Crippen LogP contribution in [0.5, 0.6) is 0 Å². The second kappa shape index (κ2) is 5.83. The molecule has 0 radical (unpaired) electrons. The van der Waals surface area contributed by atoms with Crippen LogP contribution in [0.3, 0.4) is 0 Å². The van der Waals surface area contributed by atoms with Crippen LogP contribution in [0.25, 0.3) is 22.9 Å². The number of hydrogen-bond donors (Lipinski definition) is 0. The summed E-state index contributed by atoms with van der Waals surface area (Å²) in [5.74, 6) is 0. The van der Waals surface area contributed by atoms with Gasteiger partial charge in [-0.25, -0.2) is 4.98 Å². The van der Waals surface area contributed by atoms with Crippen molar-refractivity contribution in [2.24, 2.45) is 0 Å². The smallest absolute Gasteiger partial charge is 0.134 e. The second-order valence-corrected chi connectivity index (χ2v) is 5.77. The molecule has 0 aliphatic carbocycles. The molecule has 2 nitrogen and oxygen atoms in total. The van der Waals surface area contributed by atoms with E-state index in [1.807, 2.05) is 58.6 Å². The Bertz CT molecular complexity index is 762. The number of nitrogens with zero attached hydrogens (tertiary/aromatic N) is 2. The van der Waals surface area contributed by atoms with Crippen LogP contribution in [0.1, 0.15) is 10.6 Å². The van der Waals surface area contributed by atoms with Gasteiger partial charge in [-0.2, -0.15) is 16.6 Å². The SMILES string of the molecule is N#CC(=Cc1ccsc1)c1nc(-c2ccccc2)cs1. The number of thiazole rings is 1. The average molecular weight is 294 g/mol. The first kappa shape index (κ1) is 12.8. The summed E-state index contributed by atoms with van der Waals surface area (Å²) in [6, 6.07) is 14.2. The zero-order chi connectivity index (χ0) is 13.8. The van der Waals surface area contributed by atoms with E-state index in [0.29, 0.717) is 5.57 Å². The largest absolute Gasteiger partial charge is 0.235 e. The molecule has 1 aromatic carbocycles. The third kappa shape index (κ3) is 2.69. The van der Waals surface area contributed by atoms with Gasteiger partial charge < -0.3 is 0 Å².